The normalized spacial score (nSPS) is 14.3. The molecule has 2 amide bonds. The topological polar surface area (TPSA) is 122 Å². The van der Waals surface area contributed by atoms with Gasteiger partial charge in [-0.25, -0.2) is 18.0 Å². The third kappa shape index (κ3) is 6.90. The minimum atomic E-state index is -3.62. The molecule has 0 saturated carbocycles. The molecule has 1 unspecified atom stereocenters. The molecule has 220 valence electrons. The van der Waals surface area contributed by atoms with Gasteiger partial charge in [-0.2, -0.15) is 0 Å². The molecule has 5 rings (SSSR count). The van der Waals surface area contributed by atoms with Crippen molar-refractivity contribution in [3.05, 3.63) is 115 Å². The van der Waals surface area contributed by atoms with Crippen LogP contribution in [-0.4, -0.2) is 25.9 Å². The van der Waals surface area contributed by atoms with Gasteiger partial charge in [0.25, 0.3) is 0 Å². The van der Waals surface area contributed by atoms with E-state index in [-0.39, 0.29) is 10.6 Å². The highest BCUT2D eigenvalue weighted by atomic mass is 35.5. The summed E-state index contributed by atoms with van der Waals surface area (Å²) in [5.74, 6) is 0.152. The zero-order chi connectivity index (χ0) is 30.0. The number of benzene rings is 3. The molecule has 0 bridgehead atoms. The summed E-state index contributed by atoms with van der Waals surface area (Å²) in [5, 5.41) is 6.28. The first kappa shape index (κ1) is 29.9. The molecule has 1 aromatic heterocycles. The Morgan fingerprint density at radius 1 is 1.05 bits per heavy atom. The Balaban J connectivity index is 1.18. The number of rotatable bonds is 8. The molecule has 0 saturated heterocycles. The Morgan fingerprint density at radius 2 is 1.81 bits per heavy atom. The Kier molecular flexibility index (Phi) is 8.79. The first-order chi connectivity index (χ1) is 20.0. The van der Waals surface area contributed by atoms with Crippen LogP contribution in [0.3, 0.4) is 0 Å². The molecule has 2 N–H and O–H groups in total. The second-order valence-corrected chi connectivity index (χ2v) is 13.0. The second kappa shape index (κ2) is 12.3. The van der Waals surface area contributed by atoms with E-state index in [2.05, 4.69) is 15.5 Å². The highest BCUT2D eigenvalue weighted by Crippen LogP contribution is 2.30. The van der Waals surface area contributed by atoms with E-state index in [1.54, 1.807) is 44.2 Å². The highest BCUT2D eigenvalue weighted by Gasteiger charge is 2.22. The van der Waals surface area contributed by atoms with Crippen LogP contribution < -0.4 is 16.5 Å². The number of carbonyl (C=O) groups is 1. The summed E-state index contributed by atoms with van der Waals surface area (Å²) in [4.78, 5) is 26.2. The van der Waals surface area contributed by atoms with Gasteiger partial charge in [-0.3, -0.25) is 4.90 Å². The van der Waals surface area contributed by atoms with Gasteiger partial charge in [0, 0.05) is 18.8 Å². The molecule has 2 heterocycles. The van der Waals surface area contributed by atoms with Crippen LogP contribution in [0.1, 0.15) is 46.7 Å². The lowest BCUT2D eigenvalue weighted by atomic mass is 9.97. The van der Waals surface area contributed by atoms with E-state index in [4.69, 9.17) is 32.0 Å². The smallest absolute Gasteiger partial charge is 0.396 e. The molecule has 3 aromatic carbocycles. The van der Waals surface area contributed by atoms with Crippen molar-refractivity contribution < 1.29 is 22.0 Å². The molecule has 4 aromatic rings. The fraction of sp³-hybridized carbons (Fsp3) is 0.267. The van der Waals surface area contributed by atoms with E-state index in [0.29, 0.717) is 51.5 Å². The lowest BCUT2D eigenvalue weighted by Crippen LogP contribution is -2.31. The van der Waals surface area contributed by atoms with Gasteiger partial charge in [-0.1, -0.05) is 53.5 Å². The Hall–Kier alpha value is -3.57. The number of nitrogens with zero attached hydrogens (tertiary/aromatic N) is 1. The lowest BCUT2D eigenvalue weighted by molar-refractivity contribution is 0.222. The van der Waals surface area contributed by atoms with Gasteiger partial charge in [0.2, 0.25) is 0 Å². The minimum absolute atomic E-state index is 0.144. The second-order valence-electron chi connectivity index (χ2n) is 10.2. The molecule has 1 aliphatic rings. The van der Waals surface area contributed by atoms with Gasteiger partial charge >= 0.3 is 11.9 Å². The SMILES string of the molecule is Cc1oc(=O)oc1CN1CCc2cc(CS(=O)(=O)c3ccc(NC(=O)NC(C)c4cccc(Cl)c4Cl)cc3)ccc2C1. The summed E-state index contributed by atoms with van der Waals surface area (Å²) in [7, 11) is -3.62. The number of sulfone groups is 1. The summed E-state index contributed by atoms with van der Waals surface area (Å²) in [6.07, 6.45) is 0.745. The lowest BCUT2D eigenvalue weighted by Gasteiger charge is -2.28. The number of urea groups is 1. The number of nitrogens with one attached hydrogen (secondary N) is 2. The van der Waals surface area contributed by atoms with Crippen LogP contribution in [0.5, 0.6) is 0 Å². The highest BCUT2D eigenvalue weighted by molar-refractivity contribution is 7.90. The van der Waals surface area contributed by atoms with Crippen molar-refractivity contribution in [2.24, 2.45) is 0 Å². The standard InChI is InChI=1S/C30H29Cl2N3O6S/c1-18(25-4-3-5-26(31)28(25)32)33-29(36)34-23-8-10-24(11-9-23)42(38,39)17-20-6-7-22-15-35(13-12-21(22)14-20)16-27-19(2)40-30(37)41-27/h3-11,14,18H,12-13,15-17H2,1-2H3,(H2,33,34,36). The number of hydrogen-bond acceptors (Lipinski definition) is 7. The summed E-state index contributed by atoms with van der Waals surface area (Å²) in [6.45, 7) is 5.35. The van der Waals surface area contributed by atoms with Gasteiger partial charge < -0.3 is 19.5 Å². The number of halogens is 2. The predicted molar refractivity (Wildman–Crippen MR) is 161 cm³/mol. The van der Waals surface area contributed by atoms with Crippen LogP contribution >= 0.6 is 23.2 Å². The van der Waals surface area contributed by atoms with E-state index in [1.165, 1.54) is 12.1 Å². The van der Waals surface area contributed by atoms with Crippen LogP contribution in [0, 0.1) is 6.92 Å². The van der Waals surface area contributed by atoms with Crippen molar-refractivity contribution >= 4 is 44.8 Å². The van der Waals surface area contributed by atoms with Gasteiger partial charge in [0.1, 0.15) is 5.76 Å². The summed E-state index contributed by atoms with van der Waals surface area (Å²) in [5.41, 5.74) is 4.03. The molecule has 0 fully saturated rings. The third-order valence-electron chi connectivity index (χ3n) is 7.19. The molecule has 12 heteroatoms. The first-order valence-electron chi connectivity index (χ1n) is 13.2. The van der Waals surface area contributed by atoms with Crippen molar-refractivity contribution in [2.75, 3.05) is 11.9 Å². The van der Waals surface area contributed by atoms with Crippen molar-refractivity contribution in [3.8, 4) is 0 Å². The van der Waals surface area contributed by atoms with Crippen LogP contribution in [0.4, 0.5) is 10.5 Å². The zero-order valence-electron chi connectivity index (χ0n) is 22.9. The predicted octanol–water partition coefficient (Wildman–Crippen LogP) is 6.26. The minimum Gasteiger partial charge on any atom is -0.396 e. The van der Waals surface area contributed by atoms with E-state index in [0.717, 1.165) is 24.1 Å². The van der Waals surface area contributed by atoms with Gasteiger partial charge in [-0.05, 0) is 72.9 Å². The molecule has 0 spiro atoms. The Bertz CT molecular complexity index is 1780. The summed E-state index contributed by atoms with van der Waals surface area (Å²) >= 11 is 12.3. The van der Waals surface area contributed by atoms with Crippen molar-refractivity contribution in [1.82, 2.24) is 10.2 Å². The number of carbonyl (C=O) groups excluding carboxylic acids is 1. The first-order valence-corrected chi connectivity index (χ1v) is 15.7. The zero-order valence-corrected chi connectivity index (χ0v) is 25.3. The summed E-state index contributed by atoms with van der Waals surface area (Å²) in [6, 6.07) is 16.1. The van der Waals surface area contributed by atoms with Crippen LogP contribution in [-0.2, 0) is 35.1 Å². The van der Waals surface area contributed by atoms with E-state index in [1.807, 2.05) is 18.2 Å². The molecular formula is C30H29Cl2N3O6S. The quantitative estimate of drug-likeness (QED) is 0.236. The largest absolute Gasteiger partial charge is 0.519 e. The van der Waals surface area contributed by atoms with Gasteiger partial charge in [0.15, 0.2) is 15.6 Å². The van der Waals surface area contributed by atoms with E-state index >= 15 is 0 Å². The number of anilines is 1. The Morgan fingerprint density at radius 3 is 2.52 bits per heavy atom. The van der Waals surface area contributed by atoms with Crippen molar-refractivity contribution in [3.63, 3.8) is 0 Å². The Labute approximate surface area is 253 Å². The maximum Gasteiger partial charge on any atom is 0.519 e. The van der Waals surface area contributed by atoms with Crippen LogP contribution in [0.2, 0.25) is 10.0 Å². The van der Waals surface area contributed by atoms with E-state index < -0.39 is 27.7 Å². The van der Waals surface area contributed by atoms with E-state index in [9.17, 15) is 18.0 Å². The number of aryl methyl sites for hydroxylation is 1. The molecule has 42 heavy (non-hydrogen) atoms. The van der Waals surface area contributed by atoms with Gasteiger partial charge in [0.05, 0.1) is 33.3 Å². The fourth-order valence-electron chi connectivity index (χ4n) is 4.96. The summed E-state index contributed by atoms with van der Waals surface area (Å²) < 4.78 is 36.4. The number of amides is 2. The number of fused-ring (bicyclic) bond motifs is 1. The maximum absolute atomic E-state index is 13.2. The average Bonchev–Trinajstić information content (AvgIpc) is 3.26. The maximum atomic E-state index is 13.2. The molecule has 0 aliphatic carbocycles. The van der Waals surface area contributed by atoms with Crippen molar-refractivity contribution in [2.45, 2.75) is 50.0 Å². The molecule has 0 radical (unpaired) electrons. The average molecular weight is 631 g/mol. The van der Waals surface area contributed by atoms with Crippen LogP contribution in [0.25, 0.3) is 0 Å². The van der Waals surface area contributed by atoms with Gasteiger partial charge in [-0.15, -0.1) is 0 Å². The molecular weight excluding hydrogens is 601 g/mol. The number of hydrogen-bond donors (Lipinski definition) is 2. The monoisotopic (exact) mass is 629 g/mol. The fourth-order valence-corrected chi connectivity index (χ4v) is 6.76. The van der Waals surface area contributed by atoms with Crippen molar-refractivity contribution in [1.29, 1.82) is 0 Å². The molecule has 9 nitrogen and oxygen atoms in total. The van der Waals surface area contributed by atoms with Crippen LogP contribution in [0.15, 0.2) is 79.2 Å². The third-order valence-corrected chi connectivity index (χ3v) is 9.73. The molecule has 1 atom stereocenters. The molecule has 1 aliphatic heterocycles.